The lowest BCUT2D eigenvalue weighted by molar-refractivity contribution is 0.208. The van der Waals surface area contributed by atoms with Crippen LogP contribution in [0.1, 0.15) is 45.2 Å². The van der Waals surface area contributed by atoms with Gasteiger partial charge in [0.2, 0.25) is 10.0 Å². The lowest BCUT2D eigenvalue weighted by Crippen LogP contribution is -2.48. The summed E-state index contributed by atoms with van der Waals surface area (Å²) in [5.41, 5.74) is 1.89. The molecule has 2 unspecified atom stereocenters. The van der Waals surface area contributed by atoms with Crippen LogP contribution >= 0.6 is 0 Å². The minimum Gasteiger partial charge on any atom is -0.352 e. The molecule has 27 heavy (non-hydrogen) atoms. The minimum atomic E-state index is -3.29. The van der Waals surface area contributed by atoms with Crippen molar-refractivity contribution in [3.05, 3.63) is 35.4 Å². The van der Waals surface area contributed by atoms with Crippen molar-refractivity contribution in [3.63, 3.8) is 0 Å². The Morgan fingerprint density at radius 3 is 2.22 bits per heavy atom. The molecule has 0 amide bonds. The number of guanidine groups is 1. The maximum absolute atomic E-state index is 12.0. The molecule has 1 heterocycles. The van der Waals surface area contributed by atoms with Gasteiger partial charge in [-0.05, 0) is 43.2 Å². The third kappa shape index (κ3) is 7.14. The molecule has 1 aromatic carbocycles. The average molecular weight is 395 g/mol. The number of aliphatic imine (C=N–C) groups is 1. The van der Waals surface area contributed by atoms with Gasteiger partial charge in [0, 0.05) is 32.7 Å². The smallest absolute Gasteiger partial charge is 0.216 e. The van der Waals surface area contributed by atoms with Crippen molar-refractivity contribution < 1.29 is 8.42 Å². The first-order valence-corrected chi connectivity index (χ1v) is 11.4. The van der Waals surface area contributed by atoms with Crippen LogP contribution in [0.4, 0.5) is 0 Å². The second-order valence-electron chi connectivity index (χ2n) is 8.10. The van der Waals surface area contributed by atoms with Gasteiger partial charge in [-0.25, -0.2) is 13.1 Å². The van der Waals surface area contributed by atoms with Gasteiger partial charge in [0.1, 0.15) is 0 Å². The molecule has 1 saturated heterocycles. The predicted molar refractivity (Wildman–Crippen MR) is 112 cm³/mol. The molecule has 0 spiro atoms. The first kappa shape index (κ1) is 21.7. The first-order chi connectivity index (χ1) is 12.7. The Labute approximate surface area is 164 Å². The topological polar surface area (TPSA) is 73.8 Å². The summed E-state index contributed by atoms with van der Waals surface area (Å²) in [6.07, 6.45) is 1.27. The van der Waals surface area contributed by atoms with E-state index in [9.17, 15) is 8.42 Å². The Balaban J connectivity index is 1.92. The highest BCUT2D eigenvalue weighted by molar-refractivity contribution is 7.88. The van der Waals surface area contributed by atoms with Crippen LogP contribution in [0.2, 0.25) is 0 Å². The summed E-state index contributed by atoms with van der Waals surface area (Å²) in [6, 6.07) is 7.61. The average Bonchev–Trinajstić information content (AvgIpc) is 2.54. The van der Waals surface area contributed by atoms with E-state index in [1.807, 2.05) is 45.2 Å². The molecular weight excluding hydrogens is 360 g/mol. The zero-order valence-corrected chi connectivity index (χ0v) is 18.0. The van der Waals surface area contributed by atoms with Gasteiger partial charge in [-0.3, -0.25) is 4.99 Å². The van der Waals surface area contributed by atoms with E-state index in [2.05, 4.69) is 33.8 Å². The summed E-state index contributed by atoms with van der Waals surface area (Å²) in [5.74, 6) is 2.28. The summed E-state index contributed by atoms with van der Waals surface area (Å²) in [6.45, 7) is 11.0. The second kappa shape index (κ2) is 9.55. The Kier molecular flexibility index (Phi) is 7.68. The zero-order valence-electron chi connectivity index (χ0n) is 17.2. The van der Waals surface area contributed by atoms with E-state index in [0.29, 0.717) is 18.4 Å². The molecule has 0 saturated carbocycles. The number of hydrogen-bond acceptors (Lipinski definition) is 3. The lowest BCUT2D eigenvalue weighted by Gasteiger charge is -2.37. The fourth-order valence-corrected chi connectivity index (χ4v) is 5.16. The van der Waals surface area contributed by atoms with Gasteiger partial charge < -0.3 is 10.2 Å². The van der Waals surface area contributed by atoms with E-state index in [1.165, 1.54) is 6.42 Å². The van der Waals surface area contributed by atoms with Crippen LogP contribution in [0.3, 0.4) is 0 Å². The minimum absolute atomic E-state index is 0.00408. The van der Waals surface area contributed by atoms with Crippen molar-refractivity contribution in [3.8, 4) is 0 Å². The van der Waals surface area contributed by atoms with Crippen molar-refractivity contribution in [1.82, 2.24) is 14.9 Å². The largest absolute Gasteiger partial charge is 0.352 e. The maximum atomic E-state index is 12.0. The van der Waals surface area contributed by atoms with Crippen LogP contribution < -0.4 is 10.0 Å². The zero-order chi connectivity index (χ0) is 20.0. The van der Waals surface area contributed by atoms with Crippen molar-refractivity contribution in [1.29, 1.82) is 0 Å². The summed E-state index contributed by atoms with van der Waals surface area (Å²) >= 11 is 0. The molecule has 0 radical (unpaired) electrons. The molecule has 2 rings (SSSR count). The molecule has 0 bridgehead atoms. The number of benzene rings is 1. The molecule has 0 aliphatic carbocycles. The molecule has 1 fully saturated rings. The van der Waals surface area contributed by atoms with Crippen LogP contribution in [-0.4, -0.2) is 45.5 Å². The van der Waals surface area contributed by atoms with Crippen molar-refractivity contribution in [2.75, 3.05) is 20.1 Å². The molecule has 7 heteroatoms. The van der Waals surface area contributed by atoms with Gasteiger partial charge in [-0.15, -0.1) is 0 Å². The molecule has 0 aromatic heterocycles. The fourth-order valence-electron chi connectivity index (χ4n) is 3.72. The standard InChI is InChI=1S/C20H34N4O2S/c1-15(2)23-27(25,26)14-19-8-6-18(7-9-19)11-22-20(21-5)24-12-16(3)10-17(4)13-24/h6-9,15-17,23H,10-14H2,1-5H3,(H,21,22). The van der Waals surface area contributed by atoms with Gasteiger partial charge >= 0.3 is 0 Å². The van der Waals surface area contributed by atoms with Gasteiger partial charge in [0.05, 0.1) is 5.75 Å². The van der Waals surface area contributed by atoms with E-state index >= 15 is 0 Å². The predicted octanol–water partition coefficient (Wildman–Crippen LogP) is 2.57. The molecule has 2 N–H and O–H groups in total. The van der Waals surface area contributed by atoms with Crippen LogP contribution in [0.25, 0.3) is 0 Å². The lowest BCUT2D eigenvalue weighted by atomic mass is 9.92. The number of piperidine rings is 1. The summed E-state index contributed by atoms with van der Waals surface area (Å²) in [7, 11) is -1.47. The normalized spacial score (nSPS) is 21.6. The number of nitrogens with zero attached hydrogens (tertiary/aromatic N) is 2. The molecular formula is C20H34N4O2S. The summed E-state index contributed by atoms with van der Waals surface area (Å²) in [5, 5.41) is 3.44. The maximum Gasteiger partial charge on any atom is 0.216 e. The molecule has 152 valence electrons. The quantitative estimate of drug-likeness (QED) is 0.574. The summed E-state index contributed by atoms with van der Waals surface area (Å²) < 4.78 is 26.7. The Hall–Kier alpha value is -1.60. The number of hydrogen-bond donors (Lipinski definition) is 2. The van der Waals surface area contributed by atoms with Crippen molar-refractivity contribution >= 4 is 16.0 Å². The molecule has 1 aliphatic rings. The fraction of sp³-hybridized carbons (Fsp3) is 0.650. The third-order valence-corrected chi connectivity index (χ3v) is 6.17. The van der Waals surface area contributed by atoms with Crippen LogP contribution in [0.5, 0.6) is 0 Å². The van der Waals surface area contributed by atoms with E-state index in [4.69, 9.17) is 0 Å². The monoisotopic (exact) mass is 394 g/mol. The van der Waals surface area contributed by atoms with E-state index in [-0.39, 0.29) is 11.8 Å². The summed E-state index contributed by atoms with van der Waals surface area (Å²) in [4.78, 5) is 6.76. The Morgan fingerprint density at radius 2 is 1.70 bits per heavy atom. The number of rotatable bonds is 6. The van der Waals surface area contributed by atoms with Crippen LogP contribution in [0.15, 0.2) is 29.3 Å². The number of nitrogens with one attached hydrogen (secondary N) is 2. The Morgan fingerprint density at radius 1 is 1.15 bits per heavy atom. The number of sulfonamides is 1. The van der Waals surface area contributed by atoms with E-state index in [0.717, 1.165) is 30.2 Å². The van der Waals surface area contributed by atoms with Crippen molar-refractivity contribution in [2.45, 2.75) is 52.5 Å². The van der Waals surface area contributed by atoms with Gasteiger partial charge in [-0.2, -0.15) is 0 Å². The van der Waals surface area contributed by atoms with Gasteiger partial charge in [0.25, 0.3) is 0 Å². The highest BCUT2D eigenvalue weighted by atomic mass is 32.2. The molecule has 6 nitrogen and oxygen atoms in total. The molecule has 1 aromatic rings. The third-order valence-electron chi connectivity index (χ3n) is 4.63. The second-order valence-corrected chi connectivity index (χ2v) is 9.85. The Bertz CT molecular complexity index is 719. The highest BCUT2D eigenvalue weighted by Gasteiger charge is 2.23. The SMILES string of the molecule is CN=C(NCc1ccc(CS(=O)(=O)NC(C)C)cc1)N1CC(C)CC(C)C1. The van der Waals surface area contributed by atoms with E-state index in [1.54, 1.807) is 0 Å². The van der Waals surface area contributed by atoms with E-state index < -0.39 is 10.0 Å². The van der Waals surface area contributed by atoms with Gasteiger partial charge in [-0.1, -0.05) is 38.1 Å². The van der Waals surface area contributed by atoms with Crippen LogP contribution in [0, 0.1) is 11.8 Å². The van der Waals surface area contributed by atoms with Gasteiger partial charge in [0.15, 0.2) is 5.96 Å². The van der Waals surface area contributed by atoms with Crippen LogP contribution in [-0.2, 0) is 22.3 Å². The first-order valence-electron chi connectivity index (χ1n) is 9.72. The molecule has 2 atom stereocenters. The highest BCUT2D eigenvalue weighted by Crippen LogP contribution is 2.21. The van der Waals surface area contributed by atoms with Crippen molar-refractivity contribution in [2.24, 2.45) is 16.8 Å². The molecule has 1 aliphatic heterocycles. The number of likely N-dealkylation sites (tertiary alicyclic amines) is 1.